The van der Waals surface area contributed by atoms with Gasteiger partial charge in [-0.2, -0.15) is 0 Å². The smallest absolute Gasteiger partial charge is 0.0931 e. The second-order valence-corrected chi connectivity index (χ2v) is 1.92. The first-order valence-corrected chi connectivity index (χ1v) is 2.85. The van der Waals surface area contributed by atoms with E-state index in [0.29, 0.717) is 0 Å². The molecule has 2 aromatic rings. The quantitative estimate of drug-likeness (QED) is 0.564. The number of aromatic nitrogens is 2. The number of benzene rings is 1. The molecule has 2 rings (SSSR count). The fraction of sp³-hybridized carbons (Fsp3) is 0. The summed E-state index contributed by atoms with van der Waals surface area (Å²) >= 11 is 0. The van der Waals surface area contributed by atoms with Crippen LogP contribution in [0, 0.1) is 0 Å². The average Bonchev–Trinajstić information content (AvgIpc) is 2.33. The van der Waals surface area contributed by atoms with E-state index < -0.39 is 0 Å². The van der Waals surface area contributed by atoms with Crippen LogP contribution in [0.3, 0.4) is 0 Å². The Labute approximate surface area is 54.0 Å². The molecule has 1 aromatic heterocycles. The van der Waals surface area contributed by atoms with E-state index in [9.17, 15) is 0 Å². The van der Waals surface area contributed by atoms with Crippen molar-refractivity contribution in [3.8, 4) is 0 Å². The molecule has 0 aliphatic carbocycles. The van der Waals surface area contributed by atoms with Crippen molar-refractivity contribution < 1.29 is 1.43 Å². The van der Waals surface area contributed by atoms with Crippen LogP contribution < -0.4 is 0 Å². The number of fused-ring (bicyclic) bond motifs is 1. The summed E-state index contributed by atoms with van der Waals surface area (Å²) in [7, 11) is 0. The van der Waals surface area contributed by atoms with Gasteiger partial charge < -0.3 is 4.98 Å². The maximum Gasteiger partial charge on any atom is 0.0931 e. The molecule has 0 unspecified atom stereocenters. The first kappa shape index (κ1) is 4.56. The van der Waals surface area contributed by atoms with Gasteiger partial charge in [0.05, 0.1) is 17.4 Å². The van der Waals surface area contributed by atoms with E-state index in [0.717, 1.165) is 11.0 Å². The summed E-state index contributed by atoms with van der Waals surface area (Å²) < 4.78 is 0. The van der Waals surface area contributed by atoms with Gasteiger partial charge >= 0.3 is 0 Å². The molecule has 0 saturated heterocycles. The predicted molar refractivity (Wildman–Crippen MR) is 38.2 cm³/mol. The number of hydrogen-bond acceptors (Lipinski definition) is 1. The van der Waals surface area contributed by atoms with Gasteiger partial charge in [0, 0.05) is 1.43 Å². The lowest BCUT2D eigenvalue weighted by atomic mass is 10.3. The van der Waals surface area contributed by atoms with E-state index in [-0.39, 0.29) is 1.43 Å². The highest BCUT2D eigenvalue weighted by Crippen LogP contribution is 2.05. The lowest BCUT2D eigenvalue weighted by Gasteiger charge is -1.81. The molecular weight excluding hydrogens is 112 g/mol. The highest BCUT2D eigenvalue weighted by Gasteiger charge is 1.88. The standard InChI is InChI=1S/C7H6N2.H2/c1-2-4-7-6(3-1)8-5-9-7;/h1-5H,(H,8,9);1H. The molecule has 9 heavy (non-hydrogen) atoms. The minimum absolute atomic E-state index is 0. The third kappa shape index (κ3) is 0.598. The second kappa shape index (κ2) is 1.58. The Balaban J connectivity index is 0.000000500. The molecule has 0 radical (unpaired) electrons. The van der Waals surface area contributed by atoms with Gasteiger partial charge in [-0.05, 0) is 12.1 Å². The van der Waals surface area contributed by atoms with Gasteiger partial charge in [0.25, 0.3) is 0 Å². The third-order valence-electron chi connectivity index (χ3n) is 1.33. The largest absolute Gasteiger partial charge is 0.345 e. The molecule has 0 aliphatic heterocycles. The molecule has 0 atom stereocenters. The van der Waals surface area contributed by atoms with Crippen molar-refractivity contribution in [3.63, 3.8) is 0 Å². The second-order valence-electron chi connectivity index (χ2n) is 1.92. The summed E-state index contributed by atoms with van der Waals surface area (Å²) in [5.74, 6) is 0. The van der Waals surface area contributed by atoms with Crippen molar-refractivity contribution in [3.05, 3.63) is 30.6 Å². The fourth-order valence-electron chi connectivity index (χ4n) is 0.880. The van der Waals surface area contributed by atoms with Gasteiger partial charge in [-0.15, -0.1) is 0 Å². The maximum absolute atomic E-state index is 4.06. The number of H-pyrrole nitrogens is 1. The van der Waals surface area contributed by atoms with E-state index in [1.165, 1.54) is 0 Å². The monoisotopic (exact) mass is 120 g/mol. The summed E-state index contributed by atoms with van der Waals surface area (Å²) in [6.07, 6.45) is 1.70. The summed E-state index contributed by atoms with van der Waals surface area (Å²) in [5, 5.41) is 0. The Morgan fingerprint density at radius 3 is 3.11 bits per heavy atom. The number of imidazole rings is 1. The number of para-hydroxylation sites is 2. The van der Waals surface area contributed by atoms with Gasteiger partial charge in [-0.25, -0.2) is 4.98 Å². The van der Waals surface area contributed by atoms with E-state index >= 15 is 0 Å². The summed E-state index contributed by atoms with van der Waals surface area (Å²) in [6, 6.07) is 7.94. The van der Waals surface area contributed by atoms with Crippen LogP contribution in [-0.4, -0.2) is 9.97 Å². The van der Waals surface area contributed by atoms with Crippen molar-refractivity contribution >= 4 is 11.0 Å². The zero-order valence-electron chi connectivity index (χ0n) is 4.83. The van der Waals surface area contributed by atoms with Crippen LogP contribution in [0.5, 0.6) is 0 Å². The summed E-state index contributed by atoms with van der Waals surface area (Å²) in [6.45, 7) is 0. The van der Waals surface area contributed by atoms with Crippen LogP contribution >= 0.6 is 0 Å². The number of aromatic amines is 1. The Morgan fingerprint density at radius 2 is 2.22 bits per heavy atom. The van der Waals surface area contributed by atoms with E-state index in [4.69, 9.17) is 0 Å². The Bertz CT molecular complexity index is 286. The topological polar surface area (TPSA) is 28.7 Å². The summed E-state index contributed by atoms with van der Waals surface area (Å²) in [5.41, 5.74) is 2.12. The average molecular weight is 120 g/mol. The van der Waals surface area contributed by atoms with E-state index in [1.54, 1.807) is 6.33 Å². The molecule has 0 amide bonds. The number of nitrogens with one attached hydrogen (secondary N) is 1. The maximum atomic E-state index is 4.06. The summed E-state index contributed by atoms with van der Waals surface area (Å²) in [4.78, 5) is 7.07. The lowest BCUT2D eigenvalue weighted by molar-refractivity contribution is 1.34. The Kier molecular flexibility index (Phi) is 0.803. The highest BCUT2D eigenvalue weighted by molar-refractivity contribution is 5.73. The molecule has 0 fully saturated rings. The van der Waals surface area contributed by atoms with E-state index in [1.807, 2.05) is 24.3 Å². The van der Waals surface area contributed by atoms with Crippen molar-refractivity contribution in [1.82, 2.24) is 9.97 Å². The first-order valence-electron chi connectivity index (χ1n) is 2.85. The molecule has 0 bridgehead atoms. The molecule has 2 heteroatoms. The number of hydrogen-bond donors (Lipinski definition) is 1. The molecular formula is C7H8N2. The van der Waals surface area contributed by atoms with E-state index in [2.05, 4.69) is 9.97 Å². The zero-order chi connectivity index (χ0) is 6.10. The molecule has 2 nitrogen and oxygen atoms in total. The molecule has 1 N–H and O–H groups in total. The first-order chi connectivity index (χ1) is 4.47. The third-order valence-corrected chi connectivity index (χ3v) is 1.33. The van der Waals surface area contributed by atoms with Gasteiger partial charge in [-0.1, -0.05) is 12.1 Å². The van der Waals surface area contributed by atoms with Crippen molar-refractivity contribution in [2.45, 2.75) is 0 Å². The molecule has 0 aliphatic rings. The van der Waals surface area contributed by atoms with Crippen LogP contribution in [0.15, 0.2) is 30.6 Å². The van der Waals surface area contributed by atoms with Crippen LogP contribution in [0.4, 0.5) is 0 Å². The van der Waals surface area contributed by atoms with Gasteiger partial charge in [0.1, 0.15) is 0 Å². The van der Waals surface area contributed by atoms with Gasteiger partial charge in [-0.3, -0.25) is 0 Å². The molecule has 1 heterocycles. The zero-order valence-corrected chi connectivity index (χ0v) is 4.83. The Hall–Kier alpha value is -1.31. The predicted octanol–water partition coefficient (Wildman–Crippen LogP) is 1.81. The molecule has 1 aromatic carbocycles. The fourth-order valence-corrected chi connectivity index (χ4v) is 0.880. The number of rotatable bonds is 0. The minimum atomic E-state index is 0. The SMILES string of the molecule is [HH].c1ccc2[nH]cnc2c1. The normalized spacial score (nSPS) is 10.2. The van der Waals surface area contributed by atoms with Crippen molar-refractivity contribution in [2.75, 3.05) is 0 Å². The van der Waals surface area contributed by atoms with Crippen LogP contribution in [0.25, 0.3) is 11.0 Å². The Morgan fingerprint density at radius 1 is 1.33 bits per heavy atom. The van der Waals surface area contributed by atoms with Crippen LogP contribution in [0.1, 0.15) is 1.43 Å². The van der Waals surface area contributed by atoms with Crippen LogP contribution in [0.2, 0.25) is 0 Å². The van der Waals surface area contributed by atoms with Gasteiger partial charge in [0.15, 0.2) is 0 Å². The lowest BCUT2D eigenvalue weighted by Crippen LogP contribution is -1.63. The highest BCUT2D eigenvalue weighted by atomic mass is 14.9. The van der Waals surface area contributed by atoms with Gasteiger partial charge in [0.2, 0.25) is 0 Å². The molecule has 0 saturated carbocycles. The number of nitrogens with zero attached hydrogens (tertiary/aromatic N) is 1. The molecule has 46 valence electrons. The van der Waals surface area contributed by atoms with Crippen LogP contribution in [-0.2, 0) is 0 Å². The minimum Gasteiger partial charge on any atom is -0.345 e. The van der Waals surface area contributed by atoms with Crippen molar-refractivity contribution in [1.29, 1.82) is 0 Å². The van der Waals surface area contributed by atoms with Crippen molar-refractivity contribution in [2.24, 2.45) is 0 Å². The molecule has 0 spiro atoms.